The Bertz CT molecular complexity index is 215. The van der Waals surface area contributed by atoms with Crippen LogP contribution in [-0.2, 0) is 4.74 Å². The molecule has 1 saturated carbocycles. The maximum absolute atomic E-state index is 11.3. The molecule has 80 valence electrons. The zero-order valence-electron chi connectivity index (χ0n) is 8.34. The smallest absolute Gasteiger partial charge is 0.322 e. The number of amides is 2. The fraction of sp³-hybridized carbons (Fsp3) is 0.778. The van der Waals surface area contributed by atoms with E-state index in [9.17, 15) is 4.79 Å². The first-order chi connectivity index (χ1) is 6.72. The molecule has 1 fully saturated rings. The summed E-state index contributed by atoms with van der Waals surface area (Å²) in [7, 11) is 1.43. The van der Waals surface area contributed by atoms with Crippen molar-refractivity contribution in [2.75, 3.05) is 7.11 Å². The molecule has 0 saturated heterocycles. The minimum atomic E-state index is -0.260. The van der Waals surface area contributed by atoms with Crippen LogP contribution in [0.5, 0.6) is 0 Å². The molecule has 0 aromatic rings. The normalized spacial score (nSPS) is 17.2. The predicted octanol–water partition coefficient (Wildman–Crippen LogP) is 1.55. The van der Waals surface area contributed by atoms with E-state index < -0.39 is 0 Å². The number of urea groups is 1. The highest BCUT2D eigenvalue weighted by atomic mass is 32.1. The number of hydrogen-bond acceptors (Lipinski definition) is 3. The van der Waals surface area contributed by atoms with Crippen molar-refractivity contribution < 1.29 is 9.53 Å². The van der Waals surface area contributed by atoms with Gasteiger partial charge in [0.15, 0.2) is 0 Å². The molecule has 1 aliphatic carbocycles. The third-order valence-electron chi connectivity index (χ3n) is 2.34. The molecule has 0 bridgehead atoms. The lowest BCUT2D eigenvalue weighted by molar-refractivity contribution is 0.235. The monoisotopic (exact) mass is 216 g/mol. The summed E-state index contributed by atoms with van der Waals surface area (Å²) >= 11 is 4.71. The Labute approximate surface area is 89.4 Å². The van der Waals surface area contributed by atoms with E-state index in [-0.39, 0.29) is 11.2 Å². The van der Waals surface area contributed by atoms with Gasteiger partial charge in [-0.05, 0) is 25.1 Å². The van der Waals surface area contributed by atoms with Gasteiger partial charge in [0.25, 0.3) is 5.17 Å². The van der Waals surface area contributed by atoms with Crippen LogP contribution in [0.1, 0.15) is 32.1 Å². The molecule has 5 heteroatoms. The van der Waals surface area contributed by atoms with E-state index >= 15 is 0 Å². The lowest BCUT2D eigenvalue weighted by Crippen LogP contribution is -2.45. The molecule has 0 aliphatic heterocycles. The van der Waals surface area contributed by atoms with Crippen molar-refractivity contribution >= 4 is 23.4 Å². The summed E-state index contributed by atoms with van der Waals surface area (Å²) in [5.74, 6) is 0. The van der Waals surface area contributed by atoms with Crippen LogP contribution < -0.4 is 10.6 Å². The van der Waals surface area contributed by atoms with Gasteiger partial charge in [-0.1, -0.05) is 19.3 Å². The van der Waals surface area contributed by atoms with Gasteiger partial charge in [0.1, 0.15) is 0 Å². The van der Waals surface area contributed by atoms with Gasteiger partial charge in [-0.25, -0.2) is 4.79 Å². The Hall–Kier alpha value is -0.840. The fourth-order valence-corrected chi connectivity index (χ4v) is 1.70. The molecule has 0 atom stereocenters. The van der Waals surface area contributed by atoms with Crippen molar-refractivity contribution in [1.29, 1.82) is 0 Å². The highest BCUT2D eigenvalue weighted by Crippen LogP contribution is 2.16. The standard InChI is InChI=1S/C9H16N2O2S/c1-13-9(14)11-8(12)10-7-5-3-2-4-6-7/h7H,2-6H2,1H3,(H2,10,11,12,14). The number of nitrogens with one attached hydrogen (secondary N) is 2. The lowest BCUT2D eigenvalue weighted by atomic mass is 9.96. The molecule has 0 spiro atoms. The summed E-state index contributed by atoms with van der Waals surface area (Å²) in [6, 6.07) is 0.0344. The molecule has 0 unspecified atom stereocenters. The Morgan fingerprint density at radius 1 is 1.36 bits per heavy atom. The second-order valence-corrected chi connectivity index (χ2v) is 3.80. The van der Waals surface area contributed by atoms with Gasteiger partial charge in [-0.3, -0.25) is 5.32 Å². The first kappa shape index (κ1) is 11.2. The summed E-state index contributed by atoms with van der Waals surface area (Å²) in [5, 5.41) is 5.41. The first-order valence-electron chi connectivity index (χ1n) is 4.88. The molecular weight excluding hydrogens is 200 g/mol. The molecular formula is C9H16N2O2S. The largest absolute Gasteiger partial charge is 0.474 e. The van der Waals surface area contributed by atoms with Crippen molar-refractivity contribution in [3.8, 4) is 0 Å². The van der Waals surface area contributed by atoms with Gasteiger partial charge in [-0.15, -0.1) is 0 Å². The minimum absolute atomic E-state index is 0.110. The second-order valence-electron chi connectivity index (χ2n) is 3.42. The van der Waals surface area contributed by atoms with Gasteiger partial charge in [0.2, 0.25) is 0 Å². The molecule has 4 nitrogen and oxygen atoms in total. The summed E-state index contributed by atoms with van der Waals surface area (Å²) in [5.41, 5.74) is 0. The molecule has 2 N–H and O–H groups in total. The third-order valence-corrected chi connectivity index (χ3v) is 2.61. The van der Waals surface area contributed by atoms with E-state index in [0.29, 0.717) is 6.04 Å². The van der Waals surface area contributed by atoms with Crippen LogP contribution in [0.25, 0.3) is 0 Å². The van der Waals surface area contributed by atoms with Crippen molar-refractivity contribution in [2.24, 2.45) is 0 Å². The summed E-state index contributed by atoms with van der Waals surface area (Å²) < 4.78 is 4.67. The average Bonchev–Trinajstić information content (AvgIpc) is 2.19. The molecule has 1 aliphatic rings. The predicted molar refractivity (Wildman–Crippen MR) is 58.1 cm³/mol. The van der Waals surface area contributed by atoms with Gasteiger partial charge in [0.05, 0.1) is 7.11 Å². The van der Waals surface area contributed by atoms with Gasteiger partial charge in [0, 0.05) is 6.04 Å². The van der Waals surface area contributed by atoms with E-state index in [0.717, 1.165) is 12.8 Å². The first-order valence-corrected chi connectivity index (χ1v) is 5.28. The summed E-state index contributed by atoms with van der Waals surface area (Å²) in [4.78, 5) is 11.3. The zero-order chi connectivity index (χ0) is 10.4. The Morgan fingerprint density at radius 3 is 2.57 bits per heavy atom. The van der Waals surface area contributed by atoms with Crippen molar-refractivity contribution in [3.63, 3.8) is 0 Å². The SMILES string of the molecule is COC(=S)NC(=O)NC1CCCCC1. The topological polar surface area (TPSA) is 50.4 Å². The van der Waals surface area contributed by atoms with E-state index in [4.69, 9.17) is 12.2 Å². The van der Waals surface area contributed by atoms with Gasteiger partial charge >= 0.3 is 6.03 Å². The molecule has 1 rings (SSSR count). The van der Waals surface area contributed by atoms with Crippen LogP contribution in [-0.4, -0.2) is 24.4 Å². The molecule has 0 aromatic carbocycles. The van der Waals surface area contributed by atoms with E-state index in [1.807, 2.05) is 0 Å². The molecule has 14 heavy (non-hydrogen) atoms. The minimum Gasteiger partial charge on any atom is -0.474 e. The lowest BCUT2D eigenvalue weighted by Gasteiger charge is -2.22. The quantitative estimate of drug-likeness (QED) is 0.654. The van der Waals surface area contributed by atoms with E-state index in [2.05, 4.69) is 15.4 Å². The maximum Gasteiger partial charge on any atom is 0.322 e. The number of rotatable bonds is 1. The number of thiocarbonyl (C=S) groups is 1. The highest BCUT2D eigenvalue weighted by molar-refractivity contribution is 7.80. The average molecular weight is 216 g/mol. The van der Waals surface area contributed by atoms with Crippen LogP contribution in [0.15, 0.2) is 0 Å². The van der Waals surface area contributed by atoms with Crippen LogP contribution in [0.2, 0.25) is 0 Å². The van der Waals surface area contributed by atoms with Gasteiger partial charge in [-0.2, -0.15) is 0 Å². The van der Waals surface area contributed by atoms with Crippen LogP contribution in [0.4, 0.5) is 4.79 Å². The molecule has 2 amide bonds. The number of ether oxygens (including phenoxy) is 1. The fourth-order valence-electron chi connectivity index (χ4n) is 1.61. The second kappa shape index (κ2) is 5.80. The number of methoxy groups -OCH3 is 1. The van der Waals surface area contributed by atoms with Crippen molar-refractivity contribution in [3.05, 3.63) is 0 Å². The van der Waals surface area contributed by atoms with Gasteiger partial charge < -0.3 is 10.1 Å². The summed E-state index contributed by atoms with van der Waals surface area (Å²) in [6.45, 7) is 0. The Balaban J connectivity index is 2.21. The number of carbonyl (C=O) groups is 1. The zero-order valence-corrected chi connectivity index (χ0v) is 9.15. The summed E-state index contributed by atoms with van der Waals surface area (Å²) in [6.07, 6.45) is 5.79. The van der Waals surface area contributed by atoms with Crippen molar-refractivity contribution in [1.82, 2.24) is 10.6 Å². The highest BCUT2D eigenvalue weighted by Gasteiger charge is 2.15. The third kappa shape index (κ3) is 3.91. The number of carbonyl (C=O) groups excluding carboxylic acids is 1. The molecule has 0 heterocycles. The Kier molecular flexibility index (Phi) is 4.65. The van der Waals surface area contributed by atoms with Crippen LogP contribution >= 0.6 is 12.2 Å². The molecule has 0 radical (unpaired) electrons. The van der Waals surface area contributed by atoms with Crippen LogP contribution in [0, 0.1) is 0 Å². The molecule has 0 aromatic heterocycles. The number of hydrogen-bond donors (Lipinski definition) is 2. The Morgan fingerprint density at radius 2 is 2.00 bits per heavy atom. The van der Waals surface area contributed by atoms with Crippen LogP contribution in [0.3, 0.4) is 0 Å². The van der Waals surface area contributed by atoms with E-state index in [1.165, 1.54) is 26.4 Å². The van der Waals surface area contributed by atoms with Crippen molar-refractivity contribution in [2.45, 2.75) is 38.1 Å². The maximum atomic E-state index is 11.3. The van der Waals surface area contributed by atoms with E-state index in [1.54, 1.807) is 0 Å².